The minimum Gasteiger partial charge on any atom is -0.390 e. The molecule has 0 unspecified atom stereocenters. The van der Waals surface area contributed by atoms with E-state index >= 15 is 0 Å². The summed E-state index contributed by atoms with van der Waals surface area (Å²) in [6.07, 6.45) is 0. The Hall–Kier alpha value is -1.99. The predicted molar refractivity (Wildman–Crippen MR) is 68.0 cm³/mol. The van der Waals surface area contributed by atoms with Gasteiger partial charge in [-0.3, -0.25) is 0 Å². The van der Waals surface area contributed by atoms with Gasteiger partial charge in [-0.25, -0.2) is 0 Å². The van der Waals surface area contributed by atoms with Crippen LogP contribution in [0, 0.1) is 18.3 Å². The molecule has 0 bridgehead atoms. The zero-order chi connectivity index (χ0) is 11.7. The fraction of sp³-hybridized carbons (Fsp3) is 0.0833. The molecule has 0 atom stereocenters. The lowest BCUT2D eigenvalue weighted by Gasteiger charge is -2.01. The second-order valence-electron chi connectivity index (χ2n) is 3.56. The number of nitriles is 1. The van der Waals surface area contributed by atoms with Crippen LogP contribution in [0.5, 0.6) is 0 Å². The number of rotatable bonds is 1. The van der Waals surface area contributed by atoms with Crippen molar-refractivity contribution in [2.24, 2.45) is 0 Å². The third-order valence-corrected chi connectivity index (χ3v) is 3.26. The molecule has 0 amide bonds. The molecule has 0 spiro atoms. The number of nitrogens with two attached hydrogens (primary N) is 2. The highest BCUT2D eigenvalue weighted by atomic mass is 32.1. The zero-order valence-corrected chi connectivity index (χ0v) is 9.64. The first kappa shape index (κ1) is 10.5. The lowest BCUT2D eigenvalue weighted by atomic mass is 10.0. The predicted octanol–water partition coefficient (Wildman–Crippen LogP) is 2.76. The highest BCUT2D eigenvalue weighted by Crippen LogP contribution is 2.40. The number of thiophene rings is 1. The highest BCUT2D eigenvalue weighted by molar-refractivity contribution is 7.20. The molecule has 0 radical (unpaired) electrons. The molecule has 2 aromatic rings. The fourth-order valence-electron chi connectivity index (χ4n) is 1.58. The Balaban J connectivity index is 2.64. The van der Waals surface area contributed by atoms with E-state index in [0.29, 0.717) is 15.6 Å². The Kier molecular flexibility index (Phi) is 2.55. The first-order chi connectivity index (χ1) is 7.63. The van der Waals surface area contributed by atoms with E-state index < -0.39 is 0 Å². The van der Waals surface area contributed by atoms with E-state index in [2.05, 4.69) is 6.07 Å². The van der Waals surface area contributed by atoms with Gasteiger partial charge in [0.15, 0.2) is 0 Å². The quantitative estimate of drug-likeness (QED) is 0.789. The second-order valence-corrected chi connectivity index (χ2v) is 4.64. The van der Waals surface area contributed by atoms with Crippen LogP contribution in [0.2, 0.25) is 0 Å². The maximum atomic E-state index is 9.05. The monoisotopic (exact) mass is 229 g/mol. The van der Waals surface area contributed by atoms with Gasteiger partial charge in [0, 0.05) is 5.56 Å². The van der Waals surface area contributed by atoms with Crippen molar-refractivity contribution in [2.45, 2.75) is 6.92 Å². The van der Waals surface area contributed by atoms with Crippen molar-refractivity contribution in [2.75, 3.05) is 11.5 Å². The molecule has 1 aromatic heterocycles. The summed E-state index contributed by atoms with van der Waals surface area (Å²) in [6.45, 7) is 2.01. The van der Waals surface area contributed by atoms with Crippen LogP contribution in [0.25, 0.3) is 11.1 Å². The molecule has 0 fully saturated rings. The van der Waals surface area contributed by atoms with Gasteiger partial charge in [0.1, 0.15) is 11.1 Å². The molecule has 80 valence electrons. The maximum Gasteiger partial charge on any atom is 0.106 e. The average Bonchev–Trinajstić information content (AvgIpc) is 2.54. The number of aryl methyl sites for hydroxylation is 1. The van der Waals surface area contributed by atoms with Crippen LogP contribution in [0.1, 0.15) is 11.1 Å². The third kappa shape index (κ3) is 1.62. The van der Waals surface area contributed by atoms with E-state index in [1.54, 1.807) is 0 Å². The molecule has 1 aromatic carbocycles. The van der Waals surface area contributed by atoms with Gasteiger partial charge in [-0.15, -0.1) is 0 Å². The van der Waals surface area contributed by atoms with Crippen molar-refractivity contribution in [1.82, 2.24) is 0 Å². The molecular formula is C12H11N3S. The van der Waals surface area contributed by atoms with Gasteiger partial charge in [0.05, 0.1) is 10.6 Å². The zero-order valence-electron chi connectivity index (χ0n) is 8.82. The second kappa shape index (κ2) is 3.87. The van der Waals surface area contributed by atoms with Gasteiger partial charge in [-0.1, -0.05) is 41.2 Å². The lowest BCUT2D eigenvalue weighted by Crippen LogP contribution is -1.88. The molecule has 2 rings (SSSR count). The number of nitrogens with zero attached hydrogens (tertiary/aromatic N) is 1. The van der Waals surface area contributed by atoms with Crippen molar-refractivity contribution < 1.29 is 0 Å². The van der Waals surface area contributed by atoms with Gasteiger partial charge in [-0.05, 0) is 12.5 Å². The summed E-state index contributed by atoms with van der Waals surface area (Å²) in [5.74, 6) is 0. The first-order valence-corrected chi connectivity index (χ1v) is 5.60. The molecule has 1 heterocycles. The number of hydrogen-bond donors (Lipinski definition) is 2. The Morgan fingerprint density at radius 3 is 2.31 bits per heavy atom. The molecule has 16 heavy (non-hydrogen) atoms. The summed E-state index contributed by atoms with van der Waals surface area (Å²) in [6, 6.07) is 9.99. The van der Waals surface area contributed by atoms with Crippen molar-refractivity contribution in [3.63, 3.8) is 0 Å². The van der Waals surface area contributed by atoms with Crippen molar-refractivity contribution >= 4 is 21.3 Å². The van der Waals surface area contributed by atoms with Crippen LogP contribution in [-0.4, -0.2) is 0 Å². The van der Waals surface area contributed by atoms with Crippen molar-refractivity contribution in [3.05, 3.63) is 35.4 Å². The Morgan fingerprint density at radius 1 is 1.12 bits per heavy atom. The Bertz CT molecular complexity index is 561. The lowest BCUT2D eigenvalue weighted by molar-refractivity contribution is 1.46. The van der Waals surface area contributed by atoms with E-state index in [1.165, 1.54) is 16.9 Å². The fourth-order valence-corrected chi connectivity index (χ4v) is 2.39. The van der Waals surface area contributed by atoms with Crippen LogP contribution in [0.4, 0.5) is 10.0 Å². The van der Waals surface area contributed by atoms with Gasteiger partial charge in [0.25, 0.3) is 0 Å². The molecule has 4 heteroatoms. The molecule has 0 saturated carbocycles. The van der Waals surface area contributed by atoms with Crippen LogP contribution < -0.4 is 11.5 Å². The third-order valence-electron chi connectivity index (χ3n) is 2.41. The number of anilines is 2. The topological polar surface area (TPSA) is 75.8 Å². The normalized spacial score (nSPS) is 10.0. The summed E-state index contributed by atoms with van der Waals surface area (Å²) < 4.78 is 0. The molecule has 0 aliphatic heterocycles. The summed E-state index contributed by atoms with van der Waals surface area (Å²) >= 11 is 1.25. The molecule has 0 aliphatic rings. The summed E-state index contributed by atoms with van der Waals surface area (Å²) in [7, 11) is 0. The molecular weight excluding hydrogens is 218 g/mol. The van der Waals surface area contributed by atoms with E-state index in [0.717, 1.165) is 11.1 Å². The van der Waals surface area contributed by atoms with Gasteiger partial charge in [-0.2, -0.15) is 5.26 Å². The summed E-state index contributed by atoms with van der Waals surface area (Å²) in [5, 5.41) is 10.1. The van der Waals surface area contributed by atoms with Crippen LogP contribution in [0.3, 0.4) is 0 Å². The van der Waals surface area contributed by atoms with Gasteiger partial charge < -0.3 is 11.5 Å². The molecule has 3 nitrogen and oxygen atoms in total. The van der Waals surface area contributed by atoms with E-state index in [9.17, 15) is 0 Å². The Morgan fingerprint density at radius 2 is 1.75 bits per heavy atom. The number of benzene rings is 1. The van der Waals surface area contributed by atoms with Crippen LogP contribution in [-0.2, 0) is 0 Å². The van der Waals surface area contributed by atoms with Crippen LogP contribution in [0.15, 0.2) is 24.3 Å². The minimum absolute atomic E-state index is 0.478. The highest BCUT2D eigenvalue weighted by Gasteiger charge is 2.15. The SMILES string of the molecule is Cc1ccc(-c2c(N)sc(N)c2C#N)cc1. The Labute approximate surface area is 97.9 Å². The van der Waals surface area contributed by atoms with Gasteiger partial charge in [0.2, 0.25) is 0 Å². The smallest absolute Gasteiger partial charge is 0.106 e. The standard InChI is InChI=1S/C12H11N3S/c1-7-2-4-8(5-3-7)10-9(6-13)11(14)16-12(10)15/h2-5H,14-15H2,1H3. The minimum atomic E-state index is 0.478. The molecule has 0 aliphatic carbocycles. The number of nitrogen functional groups attached to an aromatic ring is 2. The first-order valence-electron chi connectivity index (χ1n) is 4.78. The van der Waals surface area contributed by atoms with Crippen LogP contribution >= 0.6 is 11.3 Å². The molecule has 0 saturated heterocycles. The van der Waals surface area contributed by atoms with Crippen molar-refractivity contribution in [3.8, 4) is 17.2 Å². The summed E-state index contributed by atoms with van der Waals surface area (Å²) in [5.41, 5.74) is 15.0. The van der Waals surface area contributed by atoms with E-state index in [1.807, 2.05) is 31.2 Å². The van der Waals surface area contributed by atoms with Crippen molar-refractivity contribution in [1.29, 1.82) is 5.26 Å². The van der Waals surface area contributed by atoms with Gasteiger partial charge >= 0.3 is 0 Å². The average molecular weight is 229 g/mol. The molecule has 4 N–H and O–H groups in total. The summed E-state index contributed by atoms with van der Waals surface area (Å²) in [4.78, 5) is 0. The van der Waals surface area contributed by atoms with E-state index in [-0.39, 0.29) is 0 Å². The van der Waals surface area contributed by atoms with E-state index in [4.69, 9.17) is 16.7 Å². The maximum absolute atomic E-state index is 9.05. The largest absolute Gasteiger partial charge is 0.390 e. The number of hydrogen-bond acceptors (Lipinski definition) is 4.